The summed E-state index contributed by atoms with van der Waals surface area (Å²) in [4.78, 5) is 25.2. The quantitative estimate of drug-likeness (QED) is 0.639. The number of carbonyl (C=O) groups excluding carboxylic acids is 1. The zero-order chi connectivity index (χ0) is 16.4. The Kier molecular flexibility index (Phi) is 4.58. The first kappa shape index (κ1) is 15.9. The Hall–Kier alpha value is -1.99. The van der Waals surface area contributed by atoms with Crippen molar-refractivity contribution in [3.63, 3.8) is 0 Å². The van der Waals surface area contributed by atoms with E-state index in [-0.39, 0.29) is 16.9 Å². The number of amides is 1. The van der Waals surface area contributed by atoms with Crippen LogP contribution in [0.25, 0.3) is 0 Å². The van der Waals surface area contributed by atoms with E-state index in [1.54, 1.807) is 11.8 Å². The Balaban J connectivity index is 1.61. The smallest absolute Gasteiger partial charge is 0.254 e. The summed E-state index contributed by atoms with van der Waals surface area (Å²) in [6.07, 6.45) is 1.79. The molecule has 0 aromatic heterocycles. The summed E-state index contributed by atoms with van der Waals surface area (Å²) >= 11 is 0. The molecule has 0 aliphatic carbocycles. The van der Waals surface area contributed by atoms with Crippen LogP contribution < -0.4 is 10.9 Å². The summed E-state index contributed by atoms with van der Waals surface area (Å²) < 4.78 is 0. The maximum atomic E-state index is 12.6. The summed E-state index contributed by atoms with van der Waals surface area (Å²) in [6.45, 7) is 3.01. The number of rotatable bonds is 3. The SMILES string of the molecule is CC1NNC(C(=O)N2CCC(c3ccccc3)CC2)C1[N+](=O)[O-]. The first-order valence-corrected chi connectivity index (χ1v) is 8.06. The second-order valence-corrected chi connectivity index (χ2v) is 6.34. The lowest BCUT2D eigenvalue weighted by Crippen LogP contribution is -2.53. The second-order valence-electron chi connectivity index (χ2n) is 6.34. The molecule has 7 heteroatoms. The molecule has 23 heavy (non-hydrogen) atoms. The van der Waals surface area contributed by atoms with Crippen LogP contribution in [-0.4, -0.2) is 46.9 Å². The van der Waals surface area contributed by atoms with E-state index in [4.69, 9.17) is 0 Å². The molecule has 2 heterocycles. The van der Waals surface area contributed by atoms with Gasteiger partial charge in [0.05, 0.1) is 6.04 Å². The molecular formula is C16H22N4O3. The first-order chi connectivity index (χ1) is 11.1. The van der Waals surface area contributed by atoms with Crippen molar-refractivity contribution in [2.24, 2.45) is 0 Å². The zero-order valence-corrected chi connectivity index (χ0v) is 13.1. The third-order valence-electron chi connectivity index (χ3n) is 4.91. The zero-order valence-electron chi connectivity index (χ0n) is 13.1. The van der Waals surface area contributed by atoms with Crippen molar-refractivity contribution in [3.05, 3.63) is 46.0 Å². The summed E-state index contributed by atoms with van der Waals surface area (Å²) in [6, 6.07) is 8.24. The van der Waals surface area contributed by atoms with E-state index in [1.807, 2.05) is 18.2 Å². The Labute approximate surface area is 135 Å². The molecule has 2 N–H and O–H groups in total. The van der Waals surface area contributed by atoms with Gasteiger partial charge in [-0.3, -0.25) is 14.9 Å². The summed E-state index contributed by atoms with van der Waals surface area (Å²) in [7, 11) is 0. The van der Waals surface area contributed by atoms with Gasteiger partial charge in [-0.1, -0.05) is 30.3 Å². The van der Waals surface area contributed by atoms with Gasteiger partial charge in [-0.2, -0.15) is 0 Å². The molecular weight excluding hydrogens is 296 g/mol. The van der Waals surface area contributed by atoms with Crippen LogP contribution in [0.4, 0.5) is 0 Å². The average molecular weight is 318 g/mol. The normalized spacial score (nSPS) is 28.7. The summed E-state index contributed by atoms with van der Waals surface area (Å²) in [5, 5.41) is 11.2. The van der Waals surface area contributed by atoms with Crippen molar-refractivity contribution >= 4 is 5.91 Å². The number of benzene rings is 1. The van der Waals surface area contributed by atoms with Gasteiger partial charge in [0.2, 0.25) is 5.91 Å². The third kappa shape index (κ3) is 3.20. The van der Waals surface area contributed by atoms with Gasteiger partial charge in [0.1, 0.15) is 0 Å². The van der Waals surface area contributed by atoms with Crippen LogP contribution in [0.3, 0.4) is 0 Å². The molecule has 2 fully saturated rings. The average Bonchev–Trinajstić information content (AvgIpc) is 2.97. The van der Waals surface area contributed by atoms with Crippen LogP contribution in [0.15, 0.2) is 30.3 Å². The van der Waals surface area contributed by atoms with Gasteiger partial charge in [-0.15, -0.1) is 0 Å². The fraction of sp³-hybridized carbons (Fsp3) is 0.562. The Morgan fingerprint density at radius 1 is 1.22 bits per heavy atom. The lowest BCUT2D eigenvalue weighted by Gasteiger charge is -2.33. The van der Waals surface area contributed by atoms with E-state index in [2.05, 4.69) is 23.0 Å². The minimum absolute atomic E-state index is 0.171. The molecule has 1 amide bonds. The first-order valence-electron chi connectivity index (χ1n) is 8.06. The summed E-state index contributed by atoms with van der Waals surface area (Å²) in [5.74, 6) is 0.287. The molecule has 3 rings (SSSR count). The lowest BCUT2D eigenvalue weighted by molar-refractivity contribution is -0.523. The van der Waals surface area contributed by atoms with Gasteiger partial charge in [-0.25, -0.2) is 10.9 Å². The van der Waals surface area contributed by atoms with E-state index in [9.17, 15) is 14.9 Å². The minimum Gasteiger partial charge on any atom is -0.341 e. The summed E-state index contributed by atoms with van der Waals surface area (Å²) in [5.41, 5.74) is 6.91. The predicted molar refractivity (Wildman–Crippen MR) is 85.3 cm³/mol. The van der Waals surface area contributed by atoms with Crippen LogP contribution >= 0.6 is 0 Å². The van der Waals surface area contributed by atoms with Gasteiger partial charge < -0.3 is 4.90 Å². The van der Waals surface area contributed by atoms with Crippen molar-refractivity contribution < 1.29 is 9.72 Å². The highest BCUT2D eigenvalue weighted by Crippen LogP contribution is 2.28. The van der Waals surface area contributed by atoms with E-state index in [0.717, 1.165) is 12.8 Å². The molecule has 0 bridgehead atoms. The van der Waals surface area contributed by atoms with Crippen molar-refractivity contribution in [2.45, 2.75) is 43.8 Å². The van der Waals surface area contributed by atoms with Gasteiger partial charge in [-0.05, 0) is 31.2 Å². The van der Waals surface area contributed by atoms with Gasteiger partial charge in [0.15, 0.2) is 6.04 Å². The number of likely N-dealkylation sites (tertiary alicyclic amines) is 1. The molecule has 0 spiro atoms. The van der Waals surface area contributed by atoms with Crippen LogP contribution in [0.2, 0.25) is 0 Å². The standard InChI is InChI=1S/C16H22N4O3/c1-11-15(20(22)23)14(18-17-11)16(21)19-9-7-13(8-10-19)12-5-3-2-4-6-12/h2-6,11,13-15,17-18H,7-10H2,1H3. The number of hydrazine groups is 1. The van der Waals surface area contributed by atoms with Crippen molar-refractivity contribution in [1.82, 2.24) is 15.8 Å². The van der Waals surface area contributed by atoms with Crippen LogP contribution in [0.1, 0.15) is 31.2 Å². The molecule has 3 unspecified atom stereocenters. The largest absolute Gasteiger partial charge is 0.341 e. The maximum Gasteiger partial charge on any atom is 0.254 e. The molecule has 2 saturated heterocycles. The number of nitrogens with one attached hydrogen (secondary N) is 2. The van der Waals surface area contributed by atoms with E-state index >= 15 is 0 Å². The molecule has 0 radical (unpaired) electrons. The van der Waals surface area contributed by atoms with E-state index in [1.165, 1.54) is 5.56 Å². The molecule has 1 aromatic carbocycles. The highest BCUT2D eigenvalue weighted by Gasteiger charge is 2.48. The molecule has 2 aliphatic heterocycles. The molecule has 124 valence electrons. The molecule has 3 atom stereocenters. The van der Waals surface area contributed by atoms with Gasteiger partial charge in [0.25, 0.3) is 6.04 Å². The number of carbonyl (C=O) groups is 1. The number of piperidine rings is 1. The van der Waals surface area contributed by atoms with Crippen LogP contribution in [0, 0.1) is 10.1 Å². The Bertz CT molecular complexity index is 572. The minimum atomic E-state index is -0.922. The predicted octanol–water partition coefficient (Wildman–Crippen LogP) is 0.903. The monoisotopic (exact) mass is 318 g/mol. The molecule has 7 nitrogen and oxygen atoms in total. The number of nitro groups is 1. The molecule has 2 aliphatic rings. The topological polar surface area (TPSA) is 87.5 Å². The molecule has 0 saturated carbocycles. The van der Waals surface area contributed by atoms with Gasteiger partial charge >= 0.3 is 0 Å². The fourth-order valence-corrected chi connectivity index (χ4v) is 3.55. The Morgan fingerprint density at radius 3 is 2.48 bits per heavy atom. The number of nitrogens with zero attached hydrogens (tertiary/aromatic N) is 2. The highest BCUT2D eigenvalue weighted by molar-refractivity contribution is 5.83. The fourth-order valence-electron chi connectivity index (χ4n) is 3.55. The maximum absolute atomic E-state index is 12.6. The molecule has 1 aromatic rings. The van der Waals surface area contributed by atoms with Crippen LogP contribution in [0.5, 0.6) is 0 Å². The van der Waals surface area contributed by atoms with Crippen molar-refractivity contribution in [2.75, 3.05) is 13.1 Å². The highest BCUT2D eigenvalue weighted by atomic mass is 16.6. The Morgan fingerprint density at radius 2 is 1.87 bits per heavy atom. The van der Waals surface area contributed by atoms with Gasteiger partial charge in [0, 0.05) is 18.0 Å². The lowest BCUT2D eigenvalue weighted by atomic mass is 9.89. The van der Waals surface area contributed by atoms with E-state index in [0.29, 0.717) is 19.0 Å². The number of hydrogen-bond acceptors (Lipinski definition) is 5. The van der Waals surface area contributed by atoms with Crippen molar-refractivity contribution in [1.29, 1.82) is 0 Å². The second kappa shape index (κ2) is 6.64. The number of hydrogen-bond donors (Lipinski definition) is 2. The van der Waals surface area contributed by atoms with E-state index < -0.39 is 12.1 Å². The van der Waals surface area contributed by atoms with Crippen LogP contribution in [-0.2, 0) is 4.79 Å². The van der Waals surface area contributed by atoms with Crippen molar-refractivity contribution in [3.8, 4) is 0 Å². The third-order valence-corrected chi connectivity index (χ3v) is 4.91.